The van der Waals surface area contributed by atoms with Gasteiger partial charge in [0.2, 0.25) is 0 Å². The summed E-state index contributed by atoms with van der Waals surface area (Å²) in [5.41, 5.74) is 0. The van der Waals surface area contributed by atoms with Gasteiger partial charge >= 0.3 is 0 Å². The molecule has 0 spiro atoms. The van der Waals surface area contributed by atoms with Crippen LogP contribution >= 0.6 is 0 Å². The standard InChI is InChI=1S/C23H44O5/c1-2-3-4-5-6-7-8-9-10-11-12-13-14-15-16-17-27-18-21(25)23-22(26)20(24)19-28-23/h12-13,20-26H,2-11,14-19H2,1H3/b13-12+/t20-,21+,22+,23+/m1/s1. The lowest BCUT2D eigenvalue weighted by atomic mass is 10.1. The number of unbranched alkanes of at least 4 members (excludes halogenated alkanes) is 11. The fourth-order valence-electron chi connectivity index (χ4n) is 3.54. The molecule has 1 rings (SSSR count). The Kier molecular flexibility index (Phi) is 15.9. The molecule has 1 saturated heterocycles. The monoisotopic (exact) mass is 400 g/mol. The first-order valence-electron chi connectivity index (χ1n) is 11.5. The molecule has 1 heterocycles. The van der Waals surface area contributed by atoms with Gasteiger partial charge in [0.25, 0.3) is 0 Å². The van der Waals surface area contributed by atoms with E-state index in [1.54, 1.807) is 0 Å². The highest BCUT2D eigenvalue weighted by Gasteiger charge is 2.39. The van der Waals surface area contributed by atoms with Gasteiger partial charge in [0.1, 0.15) is 24.4 Å². The van der Waals surface area contributed by atoms with Crippen LogP contribution in [0.15, 0.2) is 12.2 Å². The van der Waals surface area contributed by atoms with E-state index in [4.69, 9.17) is 9.47 Å². The van der Waals surface area contributed by atoms with E-state index in [1.165, 1.54) is 64.2 Å². The number of aliphatic hydroxyl groups is 3. The van der Waals surface area contributed by atoms with E-state index in [9.17, 15) is 15.3 Å². The maximum atomic E-state index is 9.93. The van der Waals surface area contributed by atoms with Crippen molar-refractivity contribution >= 4 is 0 Å². The lowest BCUT2D eigenvalue weighted by molar-refractivity contribution is -0.0813. The van der Waals surface area contributed by atoms with Crippen LogP contribution in [0.4, 0.5) is 0 Å². The Hall–Kier alpha value is -0.460. The summed E-state index contributed by atoms with van der Waals surface area (Å²) in [7, 11) is 0. The van der Waals surface area contributed by atoms with Crippen molar-refractivity contribution in [2.75, 3.05) is 19.8 Å². The molecule has 5 nitrogen and oxygen atoms in total. The van der Waals surface area contributed by atoms with Crippen molar-refractivity contribution in [3.63, 3.8) is 0 Å². The molecule has 0 aliphatic carbocycles. The lowest BCUT2D eigenvalue weighted by Gasteiger charge is -2.20. The summed E-state index contributed by atoms with van der Waals surface area (Å²) < 4.78 is 10.6. The van der Waals surface area contributed by atoms with Crippen LogP contribution in [-0.4, -0.2) is 59.6 Å². The van der Waals surface area contributed by atoms with Crippen molar-refractivity contribution in [3.05, 3.63) is 12.2 Å². The molecule has 28 heavy (non-hydrogen) atoms. The van der Waals surface area contributed by atoms with E-state index in [0.717, 1.165) is 19.3 Å². The second-order valence-corrected chi connectivity index (χ2v) is 8.08. The SMILES string of the molecule is CCCCCCCCCCC/C=C/CCCCOC[C@H](O)[C@@H]1OC[C@@H](O)[C@@H]1O. The van der Waals surface area contributed by atoms with Gasteiger partial charge < -0.3 is 24.8 Å². The Balaban J connectivity index is 1.81. The summed E-state index contributed by atoms with van der Waals surface area (Å²) in [6, 6.07) is 0. The second-order valence-electron chi connectivity index (χ2n) is 8.08. The zero-order chi connectivity index (χ0) is 20.5. The third kappa shape index (κ3) is 12.2. The molecule has 1 fully saturated rings. The molecule has 0 aromatic rings. The number of ether oxygens (including phenoxy) is 2. The van der Waals surface area contributed by atoms with Gasteiger partial charge in [-0.25, -0.2) is 0 Å². The average molecular weight is 401 g/mol. The molecule has 0 aromatic heterocycles. The molecule has 0 amide bonds. The fraction of sp³-hybridized carbons (Fsp3) is 0.913. The highest BCUT2D eigenvalue weighted by molar-refractivity contribution is 4.87. The summed E-state index contributed by atoms with van der Waals surface area (Å²) in [6.45, 7) is 3.05. The zero-order valence-corrected chi connectivity index (χ0v) is 17.9. The first kappa shape index (κ1) is 25.6. The summed E-state index contributed by atoms with van der Waals surface area (Å²) in [5.74, 6) is 0. The second kappa shape index (κ2) is 17.4. The molecule has 0 radical (unpaired) electrons. The van der Waals surface area contributed by atoms with Crippen molar-refractivity contribution in [1.82, 2.24) is 0 Å². The Morgan fingerprint density at radius 1 is 0.893 bits per heavy atom. The van der Waals surface area contributed by atoms with Crippen LogP contribution in [0.2, 0.25) is 0 Å². The minimum atomic E-state index is -1.03. The molecular weight excluding hydrogens is 356 g/mol. The predicted molar refractivity (Wildman–Crippen MR) is 113 cm³/mol. The molecule has 5 heteroatoms. The van der Waals surface area contributed by atoms with Gasteiger partial charge in [0, 0.05) is 6.61 Å². The average Bonchev–Trinajstić information content (AvgIpc) is 3.03. The summed E-state index contributed by atoms with van der Waals surface area (Å²) >= 11 is 0. The number of rotatable bonds is 18. The molecular formula is C23H44O5. The maximum Gasteiger partial charge on any atom is 0.114 e. The van der Waals surface area contributed by atoms with E-state index in [1.807, 2.05) is 0 Å². The van der Waals surface area contributed by atoms with Crippen molar-refractivity contribution in [3.8, 4) is 0 Å². The molecule has 0 unspecified atom stereocenters. The smallest absolute Gasteiger partial charge is 0.114 e. The minimum absolute atomic E-state index is 0.0638. The van der Waals surface area contributed by atoms with Gasteiger partial charge in [0.15, 0.2) is 0 Å². The molecule has 0 bridgehead atoms. The van der Waals surface area contributed by atoms with Crippen LogP contribution in [0.25, 0.3) is 0 Å². The van der Waals surface area contributed by atoms with Gasteiger partial charge in [-0.3, -0.25) is 0 Å². The van der Waals surface area contributed by atoms with Crippen molar-refractivity contribution in [2.24, 2.45) is 0 Å². The van der Waals surface area contributed by atoms with E-state index < -0.39 is 24.4 Å². The van der Waals surface area contributed by atoms with E-state index in [0.29, 0.717) is 6.61 Å². The van der Waals surface area contributed by atoms with Crippen LogP contribution in [0.3, 0.4) is 0 Å². The van der Waals surface area contributed by atoms with Gasteiger partial charge in [-0.05, 0) is 32.1 Å². The van der Waals surface area contributed by atoms with Gasteiger partial charge in [-0.2, -0.15) is 0 Å². The van der Waals surface area contributed by atoms with Crippen LogP contribution in [0.5, 0.6) is 0 Å². The van der Waals surface area contributed by atoms with E-state index in [-0.39, 0.29) is 13.2 Å². The van der Waals surface area contributed by atoms with Crippen LogP contribution in [0.1, 0.15) is 90.4 Å². The number of hydrogen-bond donors (Lipinski definition) is 3. The first-order valence-corrected chi connectivity index (χ1v) is 11.5. The van der Waals surface area contributed by atoms with Crippen LogP contribution in [-0.2, 0) is 9.47 Å². The molecule has 1 aliphatic heterocycles. The summed E-state index contributed by atoms with van der Waals surface area (Å²) in [4.78, 5) is 0. The first-order chi connectivity index (χ1) is 13.7. The van der Waals surface area contributed by atoms with Gasteiger partial charge in [0.05, 0.1) is 13.2 Å². The highest BCUT2D eigenvalue weighted by Crippen LogP contribution is 2.18. The largest absolute Gasteiger partial charge is 0.388 e. The van der Waals surface area contributed by atoms with Crippen molar-refractivity contribution in [2.45, 2.75) is 115 Å². The van der Waals surface area contributed by atoms with Gasteiger partial charge in [-0.15, -0.1) is 0 Å². The Labute approximate surface area is 172 Å². The van der Waals surface area contributed by atoms with Crippen molar-refractivity contribution < 1.29 is 24.8 Å². The molecule has 3 N–H and O–H groups in total. The van der Waals surface area contributed by atoms with Gasteiger partial charge in [-0.1, -0.05) is 70.4 Å². The normalized spacial score (nSPS) is 23.6. The zero-order valence-electron chi connectivity index (χ0n) is 17.9. The maximum absolute atomic E-state index is 9.93. The Bertz CT molecular complexity index is 374. The number of aliphatic hydroxyl groups excluding tert-OH is 3. The third-order valence-corrected chi connectivity index (χ3v) is 5.41. The molecule has 0 saturated carbocycles. The molecule has 4 atom stereocenters. The lowest BCUT2D eigenvalue weighted by Crippen LogP contribution is -2.40. The molecule has 166 valence electrons. The third-order valence-electron chi connectivity index (χ3n) is 5.41. The van der Waals surface area contributed by atoms with Crippen LogP contribution in [0, 0.1) is 0 Å². The Morgan fingerprint density at radius 3 is 2.04 bits per heavy atom. The van der Waals surface area contributed by atoms with E-state index >= 15 is 0 Å². The summed E-state index contributed by atoms with van der Waals surface area (Å²) in [5, 5.41) is 29.0. The molecule has 1 aliphatic rings. The summed E-state index contributed by atoms with van der Waals surface area (Å²) in [6.07, 6.45) is 17.6. The Morgan fingerprint density at radius 2 is 1.46 bits per heavy atom. The van der Waals surface area contributed by atoms with Crippen molar-refractivity contribution in [1.29, 1.82) is 0 Å². The number of allylic oxidation sites excluding steroid dienone is 2. The topological polar surface area (TPSA) is 79.2 Å². The highest BCUT2D eigenvalue weighted by atomic mass is 16.5. The minimum Gasteiger partial charge on any atom is -0.388 e. The molecule has 0 aromatic carbocycles. The predicted octanol–water partition coefficient (Wildman–Crippen LogP) is 4.13. The number of hydrogen-bond acceptors (Lipinski definition) is 5. The quantitative estimate of drug-likeness (QED) is 0.238. The van der Waals surface area contributed by atoms with E-state index in [2.05, 4.69) is 19.1 Å². The fourth-order valence-corrected chi connectivity index (χ4v) is 3.54. The van der Waals surface area contributed by atoms with Crippen LogP contribution < -0.4 is 0 Å².